The molecule has 3 nitrogen and oxygen atoms in total. The molecule has 0 spiro atoms. The monoisotopic (exact) mass is 665 g/mol. The molecule has 0 fully saturated rings. The normalized spacial score (nSPS) is 13.0. The van der Waals surface area contributed by atoms with Crippen molar-refractivity contribution in [3.8, 4) is 61.6 Å². The summed E-state index contributed by atoms with van der Waals surface area (Å²) < 4.78 is 2.39. The third-order valence-electron chi connectivity index (χ3n) is 10.9. The molecule has 3 aromatic heterocycles. The Hall–Kier alpha value is -6.58. The van der Waals surface area contributed by atoms with Gasteiger partial charge in [-0.25, -0.2) is 0 Å². The summed E-state index contributed by atoms with van der Waals surface area (Å²) in [7, 11) is 0. The first-order chi connectivity index (χ1) is 25.5. The number of aromatic nitrogens is 3. The molecule has 0 N–H and O–H groups in total. The molecule has 1 aliphatic carbocycles. The van der Waals surface area contributed by atoms with Gasteiger partial charge in [0.2, 0.25) is 0 Å². The number of pyridine rings is 2. The van der Waals surface area contributed by atoms with Crippen molar-refractivity contribution in [2.24, 2.45) is 0 Å². The molecule has 0 atom stereocenters. The summed E-state index contributed by atoms with van der Waals surface area (Å²) >= 11 is 0. The quantitative estimate of drug-likeness (QED) is 0.183. The van der Waals surface area contributed by atoms with Crippen molar-refractivity contribution in [3.05, 3.63) is 187 Å². The van der Waals surface area contributed by atoms with E-state index >= 15 is 0 Å². The average Bonchev–Trinajstić information content (AvgIpc) is 3.66. The zero-order valence-corrected chi connectivity index (χ0v) is 29.1. The number of hydrogen-bond donors (Lipinski definition) is 0. The van der Waals surface area contributed by atoms with Crippen molar-refractivity contribution in [2.45, 2.75) is 19.3 Å². The highest BCUT2D eigenvalue weighted by Crippen LogP contribution is 2.50. The molecule has 9 aromatic rings. The van der Waals surface area contributed by atoms with Crippen molar-refractivity contribution < 1.29 is 0 Å². The van der Waals surface area contributed by atoms with Gasteiger partial charge in [0.15, 0.2) is 0 Å². The van der Waals surface area contributed by atoms with Crippen molar-refractivity contribution in [2.75, 3.05) is 0 Å². The van der Waals surface area contributed by atoms with Gasteiger partial charge in [0.1, 0.15) is 0 Å². The van der Waals surface area contributed by atoms with E-state index in [9.17, 15) is 0 Å². The molecule has 0 aliphatic heterocycles. The van der Waals surface area contributed by atoms with E-state index in [1.807, 2.05) is 30.5 Å². The summed E-state index contributed by atoms with van der Waals surface area (Å²) in [5.74, 6) is 0. The van der Waals surface area contributed by atoms with Crippen LogP contribution in [0.2, 0.25) is 0 Å². The number of hydrogen-bond acceptors (Lipinski definition) is 2. The summed E-state index contributed by atoms with van der Waals surface area (Å²) in [5.41, 5.74) is 17.8. The Morgan fingerprint density at radius 1 is 0.423 bits per heavy atom. The molecule has 52 heavy (non-hydrogen) atoms. The molecular weight excluding hydrogens is 631 g/mol. The van der Waals surface area contributed by atoms with Crippen LogP contribution >= 0.6 is 0 Å². The van der Waals surface area contributed by atoms with Gasteiger partial charge in [0.25, 0.3) is 0 Å². The van der Waals surface area contributed by atoms with Gasteiger partial charge in [0.05, 0.1) is 22.4 Å². The molecule has 3 heteroatoms. The third kappa shape index (κ3) is 4.81. The first kappa shape index (κ1) is 30.3. The highest BCUT2D eigenvalue weighted by Gasteiger charge is 2.36. The summed E-state index contributed by atoms with van der Waals surface area (Å²) in [6.45, 7) is 4.73. The molecule has 3 heterocycles. The second-order valence-electron chi connectivity index (χ2n) is 14.3. The standard InChI is InChI=1S/C49H35N3/c1-49(2)43-29-35(32-17-19-33(20-18-32)37-23-26-46(51-31-37)45-14-7-8-27-50-45)21-24-39(43)40-25-22-36(30-44(40)49)34-10-9-11-38(28-34)52-47-15-5-3-12-41(47)42-13-4-6-16-48(42)52/h3-31H,1-2H3. The molecule has 0 bridgehead atoms. The van der Waals surface area contributed by atoms with Crippen LogP contribution in [0.4, 0.5) is 0 Å². The van der Waals surface area contributed by atoms with Crippen LogP contribution in [0.25, 0.3) is 83.4 Å². The largest absolute Gasteiger partial charge is 0.309 e. The minimum atomic E-state index is -0.137. The van der Waals surface area contributed by atoms with Gasteiger partial charge in [0, 0.05) is 39.8 Å². The summed E-state index contributed by atoms with van der Waals surface area (Å²) in [5, 5.41) is 2.56. The van der Waals surface area contributed by atoms with E-state index in [1.165, 1.54) is 72.0 Å². The smallest absolute Gasteiger partial charge is 0.0886 e. The number of fused-ring (bicyclic) bond motifs is 6. The van der Waals surface area contributed by atoms with Crippen LogP contribution < -0.4 is 0 Å². The zero-order chi connectivity index (χ0) is 34.8. The van der Waals surface area contributed by atoms with Gasteiger partial charge < -0.3 is 4.57 Å². The molecular formula is C49H35N3. The third-order valence-corrected chi connectivity index (χ3v) is 10.9. The molecule has 0 unspecified atom stereocenters. The lowest BCUT2D eigenvalue weighted by atomic mass is 9.81. The second-order valence-corrected chi connectivity index (χ2v) is 14.3. The van der Waals surface area contributed by atoms with E-state index in [-0.39, 0.29) is 5.41 Å². The van der Waals surface area contributed by atoms with E-state index in [4.69, 9.17) is 0 Å². The van der Waals surface area contributed by atoms with Crippen LogP contribution in [-0.2, 0) is 5.41 Å². The lowest BCUT2D eigenvalue weighted by Crippen LogP contribution is -2.15. The summed E-state index contributed by atoms with van der Waals surface area (Å²) in [4.78, 5) is 9.11. The maximum atomic E-state index is 4.68. The lowest BCUT2D eigenvalue weighted by Gasteiger charge is -2.23. The second kappa shape index (κ2) is 11.8. The van der Waals surface area contributed by atoms with Gasteiger partial charge in [-0.3, -0.25) is 9.97 Å². The van der Waals surface area contributed by atoms with Gasteiger partial charge in [-0.2, -0.15) is 0 Å². The highest BCUT2D eigenvalue weighted by molar-refractivity contribution is 6.09. The maximum Gasteiger partial charge on any atom is 0.0886 e. The topological polar surface area (TPSA) is 30.7 Å². The van der Waals surface area contributed by atoms with E-state index in [1.54, 1.807) is 6.20 Å². The predicted molar refractivity (Wildman–Crippen MR) is 216 cm³/mol. The summed E-state index contributed by atoms with van der Waals surface area (Å²) in [6, 6.07) is 59.3. The van der Waals surface area contributed by atoms with Crippen LogP contribution in [-0.4, -0.2) is 14.5 Å². The first-order valence-corrected chi connectivity index (χ1v) is 17.9. The zero-order valence-electron chi connectivity index (χ0n) is 29.1. The molecule has 0 saturated heterocycles. The fourth-order valence-electron chi connectivity index (χ4n) is 8.21. The van der Waals surface area contributed by atoms with Crippen LogP contribution in [0.1, 0.15) is 25.0 Å². The Bertz CT molecular complexity index is 2740. The minimum absolute atomic E-state index is 0.137. The number of nitrogens with zero attached hydrogens (tertiary/aromatic N) is 3. The van der Waals surface area contributed by atoms with Gasteiger partial charge in [-0.05, 0) is 105 Å². The van der Waals surface area contributed by atoms with Gasteiger partial charge in [-0.15, -0.1) is 0 Å². The van der Waals surface area contributed by atoms with Gasteiger partial charge >= 0.3 is 0 Å². The van der Waals surface area contributed by atoms with Crippen molar-refractivity contribution >= 4 is 21.8 Å². The molecule has 0 saturated carbocycles. The predicted octanol–water partition coefficient (Wildman–Crippen LogP) is 12.5. The lowest BCUT2D eigenvalue weighted by molar-refractivity contribution is 0.661. The number of para-hydroxylation sites is 2. The Balaban J connectivity index is 0.957. The van der Waals surface area contributed by atoms with E-state index in [0.717, 1.165) is 22.5 Å². The average molecular weight is 666 g/mol. The number of benzene rings is 6. The molecule has 0 radical (unpaired) electrons. The summed E-state index contributed by atoms with van der Waals surface area (Å²) in [6.07, 6.45) is 3.73. The maximum absolute atomic E-state index is 4.68. The SMILES string of the molecule is CC1(C)c2cc(-c3ccc(-c4ccc(-c5ccccn5)nc4)cc3)ccc2-c2ccc(-c3cccc(-n4c5ccccc5c5ccccc54)c3)cc21. The molecule has 0 amide bonds. The number of rotatable bonds is 5. The Labute approximate surface area is 303 Å². The van der Waals surface area contributed by atoms with Crippen molar-refractivity contribution in [1.29, 1.82) is 0 Å². The fraction of sp³-hybridized carbons (Fsp3) is 0.0612. The van der Waals surface area contributed by atoms with Crippen molar-refractivity contribution in [1.82, 2.24) is 14.5 Å². The van der Waals surface area contributed by atoms with Crippen LogP contribution in [0.15, 0.2) is 176 Å². The Kier molecular flexibility index (Phi) is 6.84. The Morgan fingerprint density at radius 3 is 1.58 bits per heavy atom. The van der Waals surface area contributed by atoms with Crippen molar-refractivity contribution in [3.63, 3.8) is 0 Å². The van der Waals surface area contributed by atoms with E-state index < -0.39 is 0 Å². The van der Waals surface area contributed by atoms with E-state index in [2.05, 4.69) is 168 Å². The fourth-order valence-corrected chi connectivity index (χ4v) is 8.21. The minimum Gasteiger partial charge on any atom is -0.309 e. The van der Waals surface area contributed by atoms with E-state index in [0.29, 0.717) is 0 Å². The molecule has 10 rings (SSSR count). The first-order valence-electron chi connectivity index (χ1n) is 17.9. The molecule has 6 aromatic carbocycles. The van der Waals surface area contributed by atoms with Crippen LogP contribution in [0, 0.1) is 0 Å². The van der Waals surface area contributed by atoms with Gasteiger partial charge in [-0.1, -0.05) is 123 Å². The van der Waals surface area contributed by atoms with Crippen LogP contribution in [0.5, 0.6) is 0 Å². The highest BCUT2D eigenvalue weighted by atomic mass is 15.0. The molecule has 246 valence electrons. The van der Waals surface area contributed by atoms with Crippen LogP contribution in [0.3, 0.4) is 0 Å². The molecule has 1 aliphatic rings. The Morgan fingerprint density at radius 2 is 0.962 bits per heavy atom.